The Morgan fingerprint density at radius 1 is 1.12 bits per heavy atom. The summed E-state index contributed by atoms with van der Waals surface area (Å²) in [5.41, 5.74) is 1.50. The van der Waals surface area contributed by atoms with Crippen LogP contribution in [0.5, 0.6) is 0 Å². The molecule has 0 saturated carbocycles. The molecule has 1 atom stereocenters. The molecule has 0 spiro atoms. The van der Waals surface area contributed by atoms with Gasteiger partial charge >= 0.3 is 6.18 Å². The lowest BCUT2D eigenvalue weighted by Gasteiger charge is -2.18. The molecule has 8 heteroatoms. The van der Waals surface area contributed by atoms with Crippen LogP contribution in [0.1, 0.15) is 23.0 Å². The van der Waals surface area contributed by atoms with Gasteiger partial charge in [0.1, 0.15) is 5.82 Å². The summed E-state index contributed by atoms with van der Waals surface area (Å²) in [5.74, 6) is 0.475. The van der Waals surface area contributed by atoms with E-state index in [1.807, 2.05) is 12.2 Å². The van der Waals surface area contributed by atoms with Gasteiger partial charge in [0, 0.05) is 24.0 Å². The molecule has 1 aromatic carbocycles. The van der Waals surface area contributed by atoms with E-state index in [-0.39, 0.29) is 11.6 Å². The van der Waals surface area contributed by atoms with E-state index in [1.165, 1.54) is 12.1 Å². The van der Waals surface area contributed by atoms with Gasteiger partial charge in [0.05, 0.1) is 22.6 Å². The van der Waals surface area contributed by atoms with Gasteiger partial charge in [0.25, 0.3) is 0 Å². The summed E-state index contributed by atoms with van der Waals surface area (Å²) in [6.45, 7) is 0. The van der Waals surface area contributed by atoms with E-state index in [1.54, 1.807) is 18.5 Å². The third kappa shape index (κ3) is 3.01. The van der Waals surface area contributed by atoms with Crippen molar-refractivity contribution in [3.05, 3.63) is 82.2 Å². The molecule has 2 aromatic heterocycles. The van der Waals surface area contributed by atoms with Gasteiger partial charge in [-0.15, -0.1) is 0 Å². The molecule has 3 N–H and O–H groups in total. The molecule has 5 nitrogen and oxygen atoms in total. The number of nitrogens with zero attached hydrogens (tertiary/aromatic N) is 1. The van der Waals surface area contributed by atoms with Crippen LogP contribution in [0.15, 0.2) is 59.7 Å². The molecular weight excluding hydrogens is 345 g/mol. The number of halogens is 3. The minimum atomic E-state index is -4.39. The van der Waals surface area contributed by atoms with Crippen LogP contribution in [0.3, 0.4) is 0 Å². The molecule has 4 rings (SSSR count). The van der Waals surface area contributed by atoms with Gasteiger partial charge in [-0.2, -0.15) is 13.2 Å². The van der Waals surface area contributed by atoms with E-state index in [9.17, 15) is 18.0 Å². The largest absolute Gasteiger partial charge is 0.416 e. The van der Waals surface area contributed by atoms with Crippen molar-refractivity contribution in [1.29, 1.82) is 0 Å². The minimum Gasteiger partial charge on any atom is -0.380 e. The fourth-order valence-corrected chi connectivity index (χ4v) is 2.78. The standard InChI is InChI=1S/C18H13F3N4O/c19-18(20,21)12-3-5-14-15(7-12)25-17(24-14)11-1-4-13(22-9-11)10-2-6-16(26)23-8-10/h1-9,13,22H,(H,23,26)(H,24,25). The quantitative estimate of drug-likeness (QED) is 0.656. The molecular formula is C18H13F3N4O. The van der Waals surface area contributed by atoms with Gasteiger partial charge in [0.2, 0.25) is 5.56 Å². The molecule has 0 amide bonds. The van der Waals surface area contributed by atoms with Crippen LogP contribution >= 0.6 is 0 Å². The molecule has 0 fully saturated rings. The number of aromatic amines is 2. The fraction of sp³-hybridized carbons (Fsp3) is 0.111. The summed E-state index contributed by atoms with van der Waals surface area (Å²) in [5, 5.41) is 3.17. The molecule has 1 aliphatic heterocycles. The van der Waals surface area contributed by atoms with Crippen molar-refractivity contribution in [2.75, 3.05) is 0 Å². The number of imidazole rings is 1. The van der Waals surface area contributed by atoms with Crippen LogP contribution in [0, 0.1) is 0 Å². The van der Waals surface area contributed by atoms with Crippen molar-refractivity contribution in [2.45, 2.75) is 12.2 Å². The first-order valence-electron chi connectivity index (χ1n) is 7.80. The van der Waals surface area contributed by atoms with Crippen LogP contribution < -0.4 is 10.9 Å². The zero-order valence-electron chi connectivity index (χ0n) is 13.3. The number of aromatic nitrogens is 3. The van der Waals surface area contributed by atoms with E-state index >= 15 is 0 Å². The molecule has 3 aromatic rings. The van der Waals surface area contributed by atoms with Gasteiger partial charge in [-0.3, -0.25) is 4.79 Å². The van der Waals surface area contributed by atoms with Crippen LogP contribution in [-0.2, 0) is 6.18 Å². The van der Waals surface area contributed by atoms with Gasteiger partial charge < -0.3 is 15.3 Å². The third-order valence-corrected chi connectivity index (χ3v) is 4.14. The lowest BCUT2D eigenvalue weighted by Crippen LogP contribution is -2.18. The van der Waals surface area contributed by atoms with Gasteiger partial charge in [0.15, 0.2) is 0 Å². The Balaban J connectivity index is 1.59. The van der Waals surface area contributed by atoms with Crippen LogP contribution in [-0.4, -0.2) is 15.0 Å². The summed E-state index contributed by atoms with van der Waals surface area (Å²) in [6, 6.07) is 6.47. The average molecular weight is 358 g/mol. The second kappa shape index (κ2) is 5.91. The van der Waals surface area contributed by atoms with Gasteiger partial charge in [-0.25, -0.2) is 4.98 Å². The topological polar surface area (TPSA) is 73.6 Å². The zero-order valence-corrected chi connectivity index (χ0v) is 13.3. The Kier molecular flexibility index (Phi) is 3.68. The second-order valence-corrected chi connectivity index (χ2v) is 5.90. The summed E-state index contributed by atoms with van der Waals surface area (Å²) >= 11 is 0. The molecule has 3 heterocycles. The van der Waals surface area contributed by atoms with Crippen LogP contribution in [0.25, 0.3) is 16.6 Å². The summed E-state index contributed by atoms with van der Waals surface area (Å²) < 4.78 is 38.5. The fourth-order valence-electron chi connectivity index (χ4n) is 2.78. The van der Waals surface area contributed by atoms with Crippen molar-refractivity contribution < 1.29 is 13.2 Å². The monoisotopic (exact) mass is 358 g/mol. The number of hydrogen-bond donors (Lipinski definition) is 3. The number of H-pyrrole nitrogens is 2. The highest BCUT2D eigenvalue weighted by molar-refractivity contribution is 5.82. The number of fused-ring (bicyclic) bond motifs is 1. The van der Waals surface area contributed by atoms with Crippen molar-refractivity contribution in [2.24, 2.45) is 0 Å². The van der Waals surface area contributed by atoms with E-state index in [2.05, 4.69) is 20.3 Å². The number of pyridine rings is 1. The Hall–Kier alpha value is -3.29. The maximum absolute atomic E-state index is 12.8. The first kappa shape index (κ1) is 16.2. The first-order chi connectivity index (χ1) is 12.4. The van der Waals surface area contributed by atoms with Crippen LogP contribution in [0.2, 0.25) is 0 Å². The molecule has 26 heavy (non-hydrogen) atoms. The number of rotatable bonds is 2. The molecule has 0 bridgehead atoms. The highest BCUT2D eigenvalue weighted by atomic mass is 19.4. The Morgan fingerprint density at radius 2 is 1.96 bits per heavy atom. The number of benzene rings is 1. The number of dihydropyridines is 1. The minimum absolute atomic E-state index is 0.114. The maximum atomic E-state index is 12.8. The summed E-state index contributed by atoms with van der Waals surface area (Å²) in [6.07, 6.45) is 2.68. The van der Waals surface area contributed by atoms with E-state index < -0.39 is 11.7 Å². The number of hydrogen-bond acceptors (Lipinski definition) is 3. The molecule has 0 radical (unpaired) electrons. The predicted molar refractivity (Wildman–Crippen MR) is 91.2 cm³/mol. The summed E-state index contributed by atoms with van der Waals surface area (Å²) in [4.78, 5) is 21.0. The molecule has 0 aliphatic carbocycles. The second-order valence-electron chi connectivity index (χ2n) is 5.90. The smallest absolute Gasteiger partial charge is 0.380 e. The van der Waals surface area contributed by atoms with E-state index in [0.717, 1.165) is 23.3 Å². The van der Waals surface area contributed by atoms with E-state index in [0.29, 0.717) is 16.9 Å². The van der Waals surface area contributed by atoms with Crippen molar-refractivity contribution >= 4 is 16.6 Å². The summed E-state index contributed by atoms with van der Waals surface area (Å²) in [7, 11) is 0. The number of alkyl halides is 3. The van der Waals surface area contributed by atoms with Crippen molar-refractivity contribution in [3.8, 4) is 0 Å². The van der Waals surface area contributed by atoms with Gasteiger partial charge in [-0.05, 0) is 29.8 Å². The highest BCUT2D eigenvalue weighted by Gasteiger charge is 2.30. The molecule has 132 valence electrons. The Morgan fingerprint density at radius 3 is 2.62 bits per heavy atom. The Bertz CT molecular complexity index is 1070. The van der Waals surface area contributed by atoms with E-state index in [4.69, 9.17) is 0 Å². The van der Waals surface area contributed by atoms with Crippen molar-refractivity contribution in [1.82, 2.24) is 20.3 Å². The zero-order chi connectivity index (χ0) is 18.3. The van der Waals surface area contributed by atoms with Crippen molar-refractivity contribution in [3.63, 3.8) is 0 Å². The average Bonchev–Trinajstić information content (AvgIpc) is 3.05. The molecule has 1 aliphatic rings. The lowest BCUT2D eigenvalue weighted by molar-refractivity contribution is -0.137. The Labute approximate surface area is 145 Å². The molecule has 0 saturated heterocycles. The molecule has 1 unspecified atom stereocenters. The predicted octanol–water partition coefficient (Wildman–Crippen LogP) is 3.51. The number of allylic oxidation sites excluding steroid dienone is 2. The lowest BCUT2D eigenvalue weighted by atomic mass is 10.0. The third-order valence-electron chi connectivity index (χ3n) is 4.14. The highest BCUT2D eigenvalue weighted by Crippen LogP contribution is 2.31. The van der Waals surface area contributed by atoms with Crippen LogP contribution in [0.4, 0.5) is 13.2 Å². The number of nitrogens with one attached hydrogen (secondary N) is 3. The normalized spacial score (nSPS) is 17.2. The van der Waals surface area contributed by atoms with Gasteiger partial charge in [-0.1, -0.05) is 12.2 Å². The maximum Gasteiger partial charge on any atom is 0.416 e. The SMILES string of the molecule is O=c1ccc(C2C=CC(c3nc4ccc(C(F)(F)F)cc4[nH]3)=CN2)c[nH]1. The first-order valence-corrected chi connectivity index (χ1v) is 7.80.